The molecule has 0 saturated carbocycles. The summed E-state index contributed by atoms with van der Waals surface area (Å²) in [5.74, 6) is 0.543. The number of rotatable bonds is 7. The first-order valence-corrected chi connectivity index (χ1v) is 16.2. The molecule has 1 fully saturated rings. The average molecular weight is 637 g/mol. The number of nitrogens with zero attached hydrogens (tertiary/aromatic N) is 3. The minimum absolute atomic E-state index is 0.103. The first-order chi connectivity index (χ1) is 21.0. The molecule has 0 spiro atoms. The van der Waals surface area contributed by atoms with Crippen LogP contribution < -0.4 is 13.8 Å². The molecule has 11 nitrogen and oxygen atoms in total. The normalized spacial score (nSPS) is 14.4. The highest BCUT2D eigenvalue weighted by atomic mass is 32.2. The van der Waals surface area contributed by atoms with Crippen molar-refractivity contribution in [2.24, 2.45) is 0 Å². The van der Waals surface area contributed by atoms with E-state index in [9.17, 15) is 23.3 Å². The van der Waals surface area contributed by atoms with Gasteiger partial charge < -0.3 is 19.1 Å². The van der Waals surface area contributed by atoms with Crippen molar-refractivity contribution in [2.75, 3.05) is 17.4 Å². The highest BCUT2D eigenvalue weighted by Crippen LogP contribution is 2.27. The number of likely N-dealkylation sites (tertiary alicyclic amines) is 1. The molecule has 1 N–H and O–H groups in total. The summed E-state index contributed by atoms with van der Waals surface area (Å²) in [6.45, 7) is 11.3. The van der Waals surface area contributed by atoms with E-state index in [0.717, 1.165) is 15.1 Å². The number of piperidine rings is 1. The molecule has 2 amide bonds. The number of ether oxygens (including phenoxy) is 3. The number of fused-ring (bicyclic) bond motifs is 1. The summed E-state index contributed by atoms with van der Waals surface area (Å²) < 4.78 is 47.0. The number of nitriles is 1. The summed E-state index contributed by atoms with van der Waals surface area (Å²) in [7, 11) is -4.41. The summed E-state index contributed by atoms with van der Waals surface area (Å²) in [5.41, 5.74) is -0.0378. The van der Waals surface area contributed by atoms with E-state index in [1.807, 2.05) is 43.7 Å². The smallest absolute Gasteiger partial charge is 0.422 e. The highest BCUT2D eigenvalue weighted by Gasteiger charge is 2.30. The van der Waals surface area contributed by atoms with Gasteiger partial charge in [-0.1, -0.05) is 18.2 Å². The van der Waals surface area contributed by atoms with E-state index in [4.69, 9.17) is 14.2 Å². The summed E-state index contributed by atoms with van der Waals surface area (Å²) in [6, 6.07) is 19.4. The maximum Gasteiger partial charge on any atom is 0.422 e. The quantitative estimate of drug-likeness (QED) is 0.321. The molecule has 240 valence electrons. The fraction of sp³-hybridized carbons (Fsp3) is 0.424. The average Bonchev–Trinajstić information content (AvgIpc) is 2.94. The summed E-state index contributed by atoms with van der Waals surface area (Å²) in [6.07, 6.45) is -0.321. The van der Waals surface area contributed by atoms with Gasteiger partial charge in [0.25, 0.3) is 0 Å². The van der Waals surface area contributed by atoms with E-state index in [1.54, 1.807) is 68.1 Å². The molecule has 1 aliphatic heterocycles. The van der Waals surface area contributed by atoms with Gasteiger partial charge in [-0.15, -0.1) is 0 Å². The molecule has 3 aromatic rings. The minimum atomic E-state index is -4.41. The van der Waals surface area contributed by atoms with Crippen LogP contribution in [0.2, 0.25) is 0 Å². The predicted octanol–water partition coefficient (Wildman–Crippen LogP) is 6.27. The van der Waals surface area contributed by atoms with Crippen molar-refractivity contribution in [1.29, 1.82) is 5.26 Å². The van der Waals surface area contributed by atoms with Gasteiger partial charge in [-0.2, -0.15) is 13.7 Å². The molecule has 0 unspecified atom stereocenters. The van der Waals surface area contributed by atoms with Crippen LogP contribution in [0.15, 0.2) is 60.7 Å². The Balaban J connectivity index is 1.52. The molecule has 12 heteroatoms. The Kier molecular flexibility index (Phi) is 9.83. The molecule has 1 heterocycles. The summed E-state index contributed by atoms with van der Waals surface area (Å²) >= 11 is 0. The molecule has 0 bridgehead atoms. The lowest BCUT2D eigenvalue weighted by molar-refractivity contribution is 0.0126. The lowest BCUT2D eigenvalue weighted by Gasteiger charge is -2.33. The van der Waals surface area contributed by atoms with Crippen LogP contribution in [0.25, 0.3) is 10.8 Å². The maximum absolute atomic E-state index is 13.6. The number of hydrogen-bond donors (Lipinski definition) is 1. The molecule has 1 aliphatic rings. The van der Waals surface area contributed by atoms with Crippen molar-refractivity contribution in [3.63, 3.8) is 0 Å². The third kappa shape index (κ3) is 9.49. The van der Waals surface area contributed by atoms with E-state index in [-0.39, 0.29) is 18.7 Å². The van der Waals surface area contributed by atoms with E-state index in [0.29, 0.717) is 48.5 Å². The Morgan fingerprint density at radius 3 is 2.13 bits per heavy atom. The second-order valence-corrected chi connectivity index (χ2v) is 14.5. The monoisotopic (exact) mass is 636 g/mol. The van der Waals surface area contributed by atoms with E-state index in [1.165, 1.54) is 0 Å². The molecule has 0 aliphatic carbocycles. The largest absolute Gasteiger partial charge is 0.490 e. The van der Waals surface area contributed by atoms with Gasteiger partial charge in [-0.05, 0) is 100 Å². The number of anilines is 1. The highest BCUT2D eigenvalue weighted by molar-refractivity contribution is 7.91. The van der Waals surface area contributed by atoms with E-state index < -0.39 is 27.5 Å². The topological polar surface area (TPSA) is 138 Å². The number of benzene rings is 3. The van der Waals surface area contributed by atoms with Crippen LogP contribution in [0.3, 0.4) is 0 Å². The van der Waals surface area contributed by atoms with Crippen molar-refractivity contribution in [1.82, 2.24) is 9.62 Å². The van der Waals surface area contributed by atoms with Gasteiger partial charge in [0.1, 0.15) is 23.1 Å². The Hall–Kier alpha value is -4.50. The number of hydrogen-bond acceptors (Lipinski definition) is 8. The first-order valence-electron chi connectivity index (χ1n) is 14.7. The molecule has 0 radical (unpaired) electrons. The minimum Gasteiger partial charge on any atom is -0.490 e. The lowest BCUT2D eigenvalue weighted by Crippen LogP contribution is -2.45. The van der Waals surface area contributed by atoms with Crippen LogP contribution >= 0.6 is 0 Å². The van der Waals surface area contributed by atoms with Crippen molar-refractivity contribution in [3.8, 4) is 11.8 Å². The van der Waals surface area contributed by atoms with Crippen molar-refractivity contribution >= 4 is 38.9 Å². The van der Waals surface area contributed by atoms with Gasteiger partial charge in [0, 0.05) is 25.9 Å². The van der Waals surface area contributed by atoms with Gasteiger partial charge in [0.05, 0.1) is 23.9 Å². The lowest BCUT2D eigenvalue weighted by atomic mass is 10.0. The molecular weight excluding hydrogens is 596 g/mol. The zero-order chi connectivity index (χ0) is 33.0. The van der Waals surface area contributed by atoms with Crippen molar-refractivity contribution in [2.45, 2.75) is 78.2 Å². The van der Waals surface area contributed by atoms with Crippen LogP contribution in [0, 0.1) is 11.3 Å². The third-order valence-corrected chi connectivity index (χ3v) is 8.13. The SMILES string of the molecule is CC(C)(C)OC(=O)NS(=O)(=O)N(Cc1ccc2ccc(C#N)cc2c1)c1ccc(OC2CCN(C(=O)OC(C)(C)C)CC2)cc1. The molecule has 0 atom stereocenters. The second-order valence-electron chi connectivity index (χ2n) is 12.9. The van der Waals surface area contributed by atoms with Crippen LogP contribution in [0.5, 0.6) is 5.75 Å². The number of nitrogens with one attached hydrogen (secondary N) is 1. The van der Waals surface area contributed by atoms with Gasteiger partial charge in [0.15, 0.2) is 0 Å². The number of carbonyl (C=O) groups excluding carboxylic acids is 2. The second kappa shape index (κ2) is 13.2. The molecule has 1 saturated heterocycles. The molecular formula is C33H40N4O7S. The Morgan fingerprint density at radius 2 is 1.53 bits per heavy atom. The van der Waals surface area contributed by atoms with Crippen LogP contribution in [-0.2, 0) is 26.2 Å². The van der Waals surface area contributed by atoms with Gasteiger partial charge in [0.2, 0.25) is 0 Å². The molecule has 0 aromatic heterocycles. The maximum atomic E-state index is 13.6. The zero-order valence-corrected chi connectivity index (χ0v) is 27.3. The summed E-state index contributed by atoms with van der Waals surface area (Å²) in [5, 5.41) is 11.0. The van der Waals surface area contributed by atoms with Gasteiger partial charge in [-0.25, -0.2) is 18.6 Å². The van der Waals surface area contributed by atoms with E-state index in [2.05, 4.69) is 6.07 Å². The Bertz CT molecular complexity index is 1680. The predicted molar refractivity (Wildman–Crippen MR) is 171 cm³/mol. The first kappa shape index (κ1) is 33.4. The van der Waals surface area contributed by atoms with Crippen LogP contribution in [0.1, 0.15) is 65.5 Å². The van der Waals surface area contributed by atoms with E-state index >= 15 is 0 Å². The Labute approximate surface area is 264 Å². The fourth-order valence-electron chi connectivity index (χ4n) is 4.77. The number of carbonyl (C=O) groups is 2. The van der Waals surface area contributed by atoms with Crippen LogP contribution in [-0.4, -0.2) is 55.9 Å². The van der Waals surface area contributed by atoms with Gasteiger partial charge >= 0.3 is 22.4 Å². The molecule has 45 heavy (non-hydrogen) atoms. The van der Waals surface area contributed by atoms with Crippen molar-refractivity contribution in [3.05, 3.63) is 71.8 Å². The summed E-state index contributed by atoms with van der Waals surface area (Å²) in [4.78, 5) is 26.5. The molecule has 4 rings (SSSR count). The zero-order valence-electron chi connectivity index (χ0n) is 26.5. The van der Waals surface area contributed by atoms with Gasteiger partial charge in [-0.3, -0.25) is 0 Å². The standard InChI is InChI=1S/C33H40N4O7S/c1-32(2,3)43-30(38)35-45(40,41)37(22-24-8-10-25-9-7-23(21-34)19-26(25)20-24)27-11-13-28(14-12-27)42-29-15-17-36(18-16-29)31(39)44-33(4,5)6/h7-14,19-20,29H,15-18,22H2,1-6H3,(H,35,38). The van der Waals surface area contributed by atoms with Crippen molar-refractivity contribution < 1.29 is 32.2 Å². The Morgan fingerprint density at radius 1 is 0.911 bits per heavy atom. The fourth-order valence-corrected chi connectivity index (χ4v) is 5.85. The molecule has 3 aromatic carbocycles. The number of amides is 2. The third-order valence-electron chi connectivity index (χ3n) is 6.78. The van der Waals surface area contributed by atoms with Crippen LogP contribution in [0.4, 0.5) is 15.3 Å².